The van der Waals surface area contributed by atoms with E-state index in [1.807, 2.05) is 43.3 Å². The van der Waals surface area contributed by atoms with Gasteiger partial charge in [0.25, 0.3) is 0 Å². The summed E-state index contributed by atoms with van der Waals surface area (Å²) in [5, 5.41) is 0.602. The van der Waals surface area contributed by atoms with E-state index in [1.54, 1.807) is 6.07 Å². The molecule has 2 heteroatoms. The number of aryl methyl sites for hydroxylation is 2. The Bertz CT molecular complexity index is 567. The Balaban J connectivity index is 2.41. The monoisotopic (exact) mass is 258 g/mol. The summed E-state index contributed by atoms with van der Waals surface area (Å²) in [5.41, 5.74) is 3.53. The van der Waals surface area contributed by atoms with Crippen molar-refractivity contribution in [2.24, 2.45) is 0 Å². The van der Waals surface area contributed by atoms with Crippen LogP contribution >= 0.6 is 11.6 Å². The Morgan fingerprint density at radius 1 is 1.11 bits per heavy atom. The molecule has 18 heavy (non-hydrogen) atoms. The zero-order valence-corrected chi connectivity index (χ0v) is 11.3. The smallest absolute Gasteiger partial charge is 0.193 e. The number of hydrogen-bond donors (Lipinski definition) is 0. The number of benzene rings is 2. The molecule has 0 aliphatic carbocycles. The maximum absolute atomic E-state index is 12.4. The van der Waals surface area contributed by atoms with E-state index in [2.05, 4.69) is 6.92 Å². The molecule has 0 radical (unpaired) electrons. The van der Waals surface area contributed by atoms with E-state index >= 15 is 0 Å². The molecule has 0 N–H and O–H groups in total. The van der Waals surface area contributed by atoms with Gasteiger partial charge in [-0.3, -0.25) is 4.79 Å². The maximum Gasteiger partial charge on any atom is 0.193 e. The van der Waals surface area contributed by atoms with Crippen LogP contribution in [0.5, 0.6) is 0 Å². The maximum atomic E-state index is 12.4. The molecule has 2 aromatic rings. The van der Waals surface area contributed by atoms with Crippen molar-refractivity contribution in [3.05, 3.63) is 69.7 Å². The molecule has 0 aliphatic heterocycles. The molecule has 2 rings (SSSR count). The van der Waals surface area contributed by atoms with Gasteiger partial charge in [-0.05, 0) is 48.7 Å². The van der Waals surface area contributed by atoms with E-state index in [0.717, 1.165) is 17.5 Å². The number of carbonyl (C=O) groups is 1. The molecule has 0 heterocycles. The highest BCUT2D eigenvalue weighted by Crippen LogP contribution is 2.18. The van der Waals surface area contributed by atoms with Gasteiger partial charge in [0.2, 0.25) is 0 Å². The quantitative estimate of drug-likeness (QED) is 0.744. The fraction of sp³-hybridized carbons (Fsp3) is 0.188. The van der Waals surface area contributed by atoms with Gasteiger partial charge in [-0.1, -0.05) is 36.7 Å². The lowest BCUT2D eigenvalue weighted by Gasteiger charge is -2.05. The van der Waals surface area contributed by atoms with Crippen molar-refractivity contribution in [1.29, 1.82) is 0 Å². The van der Waals surface area contributed by atoms with Crippen LogP contribution in [0.25, 0.3) is 0 Å². The van der Waals surface area contributed by atoms with Crippen molar-refractivity contribution < 1.29 is 4.79 Å². The lowest BCUT2D eigenvalue weighted by Crippen LogP contribution is -2.02. The molecule has 92 valence electrons. The Morgan fingerprint density at radius 2 is 1.89 bits per heavy atom. The average Bonchev–Trinajstić information content (AvgIpc) is 2.37. The first-order chi connectivity index (χ1) is 8.60. The third-order valence-corrected chi connectivity index (χ3v) is 3.12. The summed E-state index contributed by atoms with van der Waals surface area (Å²) >= 11 is 5.99. The molecule has 0 saturated heterocycles. The van der Waals surface area contributed by atoms with Gasteiger partial charge in [0, 0.05) is 16.1 Å². The van der Waals surface area contributed by atoms with Crippen molar-refractivity contribution in [3.63, 3.8) is 0 Å². The van der Waals surface area contributed by atoms with Crippen LogP contribution < -0.4 is 0 Å². The van der Waals surface area contributed by atoms with Gasteiger partial charge in [0.1, 0.15) is 0 Å². The SMILES string of the molecule is CCc1cccc(C(=O)c2cc(C)cc(Cl)c2)c1. The molecule has 0 bridgehead atoms. The standard InChI is InChI=1S/C16H15ClO/c1-3-12-5-4-6-13(9-12)16(18)14-7-11(2)8-15(17)10-14/h4-10H,3H2,1-2H3. The van der Waals surface area contributed by atoms with Crippen LogP contribution in [0.3, 0.4) is 0 Å². The molecule has 0 amide bonds. The minimum absolute atomic E-state index is 0.0240. The second kappa shape index (κ2) is 5.36. The van der Waals surface area contributed by atoms with Gasteiger partial charge < -0.3 is 0 Å². The molecular weight excluding hydrogens is 244 g/mol. The van der Waals surface area contributed by atoms with Gasteiger partial charge in [0.05, 0.1) is 0 Å². The summed E-state index contributed by atoms with van der Waals surface area (Å²) in [6.07, 6.45) is 0.926. The third kappa shape index (κ3) is 2.80. The van der Waals surface area contributed by atoms with Crippen LogP contribution in [0.4, 0.5) is 0 Å². The van der Waals surface area contributed by atoms with E-state index in [0.29, 0.717) is 10.6 Å². The fourth-order valence-corrected chi connectivity index (χ4v) is 2.26. The Hall–Kier alpha value is -1.60. The number of carbonyl (C=O) groups excluding carboxylic acids is 1. The van der Waals surface area contributed by atoms with Crippen molar-refractivity contribution in [2.45, 2.75) is 20.3 Å². The Kier molecular flexibility index (Phi) is 3.83. The van der Waals surface area contributed by atoms with Crippen molar-refractivity contribution in [3.8, 4) is 0 Å². The van der Waals surface area contributed by atoms with Gasteiger partial charge in [-0.15, -0.1) is 0 Å². The Labute approximate surface area is 112 Å². The van der Waals surface area contributed by atoms with Crippen molar-refractivity contribution in [2.75, 3.05) is 0 Å². The molecule has 1 nitrogen and oxygen atoms in total. The highest BCUT2D eigenvalue weighted by atomic mass is 35.5. The van der Waals surface area contributed by atoms with Gasteiger partial charge in [0.15, 0.2) is 5.78 Å². The van der Waals surface area contributed by atoms with Gasteiger partial charge in [-0.25, -0.2) is 0 Å². The first kappa shape index (κ1) is 12.8. The average molecular weight is 259 g/mol. The van der Waals surface area contributed by atoms with Crippen LogP contribution in [-0.4, -0.2) is 5.78 Å². The van der Waals surface area contributed by atoms with Crippen molar-refractivity contribution >= 4 is 17.4 Å². The summed E-state index contributed by atoms with van der Waals surface area (Å²) in [6.45, 7) is 4.01. The fourth-order valence-electron chi connectivity index (χ4n) is 1.97. The van der Waals surface area contributed by atoms with Crippen LogP contribution in [0.2, 0.25) is 5.02 Å². The lowest BCUT2D eigenvalue weighted by molar-refractivity contribution is 0.103. The molecule has 0 aliphatic rings. The number of ketones is 1. The predicted molar refractivity (Wildman–Crippen MR) is 75.4 cm³/mol. The number of halogens is 1. The van der Waals surface area contributed by atoms with E-state index in [-0.39, 0.29) is 5.78 Å². The summed E-state index contributed by atoms with van der Waals surface area (Å²) in [7, 11) is 0. The number of hydrogen-bond acceptors (Lipinski definition) is 1. The zero-order valence-electron chi connectivity index (χ0n) is 10.5. The molecular formula is C16H15ClO. The second-order valence-electron chi connectivity index (χ2n) is 4.40. The van der Waals surface area contributed by atoms with Crippen LogP contribution in [0, 0.1) is 6.92 Å². The van der Waals surface area contributed by atoms with Gasteiger partial charge >= 0.3 is 0 Å². The largest absolute Gasteiger partial charge is 0.289 e. The Morgan fingerprint density at radius 3 is 2.56 bits per heavy atom. The molecule has 0 saturated carbocycles. The summed E-state index contributed by atoms with van der Waals surface area (Å²) in [5.74, 6) is 0.0240. The molecule has 0 atom stereocenters. The first-order valence-corrected chi connectivity index (χ1v) is 6.39. The van der Waals surface area contributed by atoms with E-state index < -0.39 is 0 Å². The van der Waals surface area contributed by atoms with Gasteiger partial charge in [-0.2, -0.15) is 0 Å². The molecule has 2 aromatic carbocycles. The summed E-state index contributed by atoms with van der Waals surface area (Å²) in [4.78, 5) is 12.4. The molecule has 0 fully saturated rings. The predicted octanol–water partition coefficient (Wildman–Crippen LogP) is 4.44. The van der Waals surface area contributed by atoms with Crippen LogP contribution in [-0.2, 0) is 6.42 Å². The second-order valence-corrected chi connectivity index (χ2v) is 4.84. The molecule has 0 aromatic heterocycles. The van der Waals surface area contributed by atoms with Crippen LogP contribution in [0.15, 0.2) is 42.5 Å². The van der Waals surface area contributed by atoms with E-state index in [9.17, 15) is 4.79 Å². The van der Waals surface area contributed by atoms with E-state index in [1.165, 1.54) is 5.56 Å². The normalized spacial score (nSPS) is 10.4. The first-order valence-electron chi connectivity index (χ1n) is 6.01. The highest BCUT2D eigenvalue weighted by molar-refractivity contribution is 6.31. The summed E-state index contributed by atoms with van der Waals surface area (Å²) < 4.78 is 0. The topological polar surface area (TPSA) is 17.1 Å². The summed E-state index contributed by atoms with van der Waals surface area (Å²) in [6, 6.07) is 13.2. The third-order valence-electron chi connectivity index (χ3n) is 2.90. The highest BCUT2D eigenvalue weighted by Gasteiger charge is 2.10. The minimum Gasteiger partial charge on any atom is -0.289 e. The molecule has 0 unspecified atom stereocenters. The van der Waals surface area contributed by atoms with E-state index in [4.69, 9.17) is 11.6 Å². The van der Waals surface area contributed by atoms with Crippen molar-refractivity contribution in [1.82, 2.24) is 0 Å². The lowest BCUT2D eigenvalue weighted by atomic mass is 9.99. The zero-order chi connectivity index (χ0) is 13.1. The molecule has 0 spiro atoms. The number of rotatable bonds is 3. The van der Waals surface area contributed by atoms with Crippen LogP contribution in [0.1, 0.15) is 34.0 Å². The minimum atomic E-state index is 0.0240.